The van der Waals surface area contributed by atoms with Gasteiger partial charge in [-0.15, -0.1) is 0 Å². The van der Waals surface area contributed by atoms with Crippen molar-refractivity contribution < 1.29 is 9.21 Å². The second-order valence-corrected chi connectivity index (χ2v) is 5.05. The fourth-order valence-electron chi connectivity index (χ4n) is 1.79. The molecule has 106 valence electrons. The fourth-order valence-corrected chi connectivity index (χ4v) is 1.95. The van der Waals surface area contributed by atoms with Gasteiger partial charge in [-0.3, -0.25) is 4.79 Å². The monoisotopic (exact) mass is 302 g/mol. The molecule has 2 aromatic heterocycles. The molecule has 0 atom stereocenters. The Bertz CT molecular complexity index is 811. The number of carbonyl (C=O) groups is 1. The summed E-state index contributed by atoms with van der Waals surface area (Å²) in [6.45, 7) is 0. The van der Waals surface area contributed by atoms with Crippen molar-refractivity contribution in [3.8, 4) is 11.6 Å². The van der Waals surface area contributed by atoms with Crippen molar-refractivity contribution >= 4 is 28.6 Å². The topological polar surface area (TPSA) is 72.1 Å². The van der Waals surface area contributed by atoms with Crippen LogP contribution in [0.5, 0.6) is 0 Å². The lowest BCUT2D eigenvalue weighted by Gasteiger charge is -2.08. The molecule has 0 saturated heterocycles. The van der Waals surface area contributed by atoms with Crippen LogP contribution in [-0.4, -0.2) is 39.9 Å². The van der Waals surface area contributed by atoms with E-state index in [2.05, 4.69) is 15.0 Å². The summed E-state index contributed by atoms with van der Waals surface area (Å²) in [5.74, 6) is 0.127. The maximum Gasteiger partial charge on any atom is 0.273 e. The van der Waals surface area contributed by atoms with E-state index < -0.39 is 0 Å². The van der Waals surface area contributed by atoms with E-state index in [0.717, 1.165) is 0 Å². The summed E-state index contributed by atoms with van der Waals surface area (Å²) in [6, 6.07) is 5.19. The highest BCUT2D eigenvalue weighted by molar-refractivity contribution is 6.31. The molecule has 0 saturated carbocycles. The van der Waals surface area contributed by atoms with E-state index in [1.807, 2.05) is 0 Å². The molecule has 1 aromatic carbocycles. The predicted molar refractivity (Wildman–Crippen MR) is 78.1 cm³/mol. The van der Waals surface area contributed by atoms with Gasteiger partial charge < -0.3 is 9.32 Å². The van der Waals surface area contributed by atoms with E-state index in [-0.39, 0.29) is 11.6 Å². The number of oxazole rings is 1. The molecule has 0 aliphatic carbocycles. The maximum atomic E-state index is 11.7. The molecule has 6 nitrogen and oxygen atoms in total. The molecule has 7 heteroatoms. The summed E-state index contributed by atoms with van der Waals surface area (Å²) in [4.78, 5) is 25.7. The smallest absolute Gasteiger partial charge is 0.273 e. The van der Waals surface area contributed by atoms with E-state index in [1.54, 1.807) is 32.3 Å². The molecule has 3 aromatic rings. The third-order valence-corrected chi connectivity index (χ3v) is 3.08. The number of carbonyl (C=O) groups excluding carboxylic acids is 1. The highest BCUT2D eigenvalue weighted by Crippen LogP contribution is 2.24. The van der Waals surface area contributed by atoms with Gasteiger partial charge in [0.25, 0.3) is 5.91 Å². The summed E-state index contributed by atoms with van der Waals surface area (Å²) in [7, 11) is 3.31. The summed E-state index contributed by atoms with van der Waals surface area (Å²) >= 11 is 5.90. The lowest BCUT2D eigenvalue weighted by atomic mass is 10.3. The van der Waals surface area contributed by atoms with Crippen LogP contribution in [0.4, 0.5) is 0 Å². The van der Waals surface area contributed by atoms with Crippen LogP contribution in [0, 0.1) is 0 Å². The Kier molecular flexibility index (Phi) is 3.31. The third-order valence-electron chi connectivity index (χ3n) is 2.85. The van der Waals surface area contributed by atoms with E-state index in [4.69, 9.17) is 16.0 Å². The highest BCUT2D eigenvalue weighted by Gasteiger charge is 2.13. The van der Waals surface area contributed by atoms with Crippen LogP contribution < -0.4 is 0 Å². The maximum absolute atomic E-state index is 11.7. The zero-order valence-electron chi connectivity index (χ0n) is 11.4. The Hall–Kier alpha value is -2.47. The Morgan fingerprint density at radius 3 is 2.71 bits per heavy atom. The van der Waals surface area contributed by atoms with Gasteiger partial charge in [0.05, 0.1) is 12.4 Å². The van der Waals surface area contributed by atoms with E-state index in [1.165, 1.54) is 17.3 Å². The van der Waals surface area contributed by atoms with Crippen molar-refractivity contribution in [3.63, 3.8) is 0 Å². The van der Waals surface area contributed by atoms with E-state index >= 15 is 0 Å². The number of halogens is 1. The Labute approximate surface area is 125 Å². The first-order chi connectivity index (χ1) is 10.0. The molecule has 21 heavy (non-hydrogen) atoms. The van der Waals surface area contributed by atoms with Gasteiger partial charge in [-0.2, -0.15) is 0 Å². The average Bonchev–Trinajstić information content (AvgIpc) is 2.89. The summed E-state index contributed by atoms with van der Waals surface area (Å²) < 4.78 is 5.59. The van der Waals surface area contributed by atoms with Gasteiger partial charge in [0, 0.05) is 25.2 Å². The number of aromatic nitrogens is 3. The molecule has 1 amide bonds. The molecule has 0 unspecified atom stereocenters. The standard InChI is InChI=1S/C14H11ClN4O2/c1-19(2)14(20)11-7-16-10(6-17-11)13-18-9-4-3-8(15)5-12(9)21-13/h3-7H,1-2H3. The number of fused-ring (bicyclic) bond motifs is 1. The minimum Gasteiger partial charge on any atom is -0.435 e. The molecule has 0 aliphatic heterocycles. The largest absolute Gasteiger partial charge is 0.435 e. The second kappa shape index (κ2) is 5.14. The lowest BCUT2D eigenvalue weighted by Crippen LogP contribution is -2.22. The zero-order chi connectivity index (χ0) is 15.0. The van der Waals surface area contributed by atoms with Gasteiger partial charge in [0.2, 0.25) is 5.89 Å². The van der Waals surface area contributed by atoms with Crippen LogP contribution in [0.3, 0.4) is 0 Å². The van der Waals surface area contributed by atoms with Crippen molar-refractivity contribution in [1.82, 2.24) is 19.9 Å². The van der Waals surface area contributed by atoms with Gasteiger partial charge in [0.15, 0.2) is 5.58 Å². The van der Waals surface area contributed by atoms with Crippen molar-refractivity contribution in [1.29, 1.82) is 0 Å². The number of nitrogens with zero attached hydrogens (tertiary/aromatic N) is 4. The van der Waals surface area contributed by atoms with Crippen molar-refractivity contribution in [2.75, 3.05) is 14.1 Å². The predicted octanol–water partition coefficient (Wildman–Crippen LogP) is 2.64. The molecule has 0 fully saturated rings. The molecule has 0 radical (unpaired) electrons. The van der Waals surface area contributed by atoms with Crippen molar-refractivity contribution in [3.05, 3.63) is 41.3 Å². The molecular formula is C14H11ClN4O2. The summed E-state index contributed by atoms with van der Waals surface area (Å²) in [5, 5.41) is 0.572. The summed E-state index contributed by atoms with van der Waals surface area (Å²) in [6.07, 6.45) is 2.86. The van der Waals surface area contributed by atoms with Crippen LogP contribution >= 0.6 is 11.6 Å². The number of rotatable bonds is 2. The first-order valence-electron chi connectivity index (χ1n) is 6.15. The quantitative estimate of drug-likeness (QED) is 0.727. The van der Waals surface area contributed by atoms with Crippen LogP contribution in [-0.2, 0) is 0 Å². The molecule has 3 rings (SSSR count). The van der Waals surface area contributed by atoms with Gasteiger partial charge in [-0.25, -0.2) is 15.0 Å². The first-order valence-corrected chi connectivity index (χ1v) is 6.52. The zero-order valence-corrected chi connectivity index (χ0v) is 12.1. The molecule has 0 spiro atoms. The number of benzene rings is 1. The van der Waals surface area contributed by atoms with Gasteiger partial charge in [-0.1, -0.05) is 11.6 Å². The van der Waals surface area contributed by atoms with Gasteiger partial charge in [-0.05, 0) is 12.1 Å². The van der Waals surface area contributed by atoms with Crippen LogP contribution in [0.2, 0.25) is 5.02 Å². The van der Waals surface area contributed by atoms with Crippen LogP contribution in [0.15, 0.2) is 35.0 Å². The van der Waals surface area contributed by atoms with Gasteiger partial charge >= 0.3 is 0 Å². The minimum atomic E-state index is -0.210. The summed E-state index contributed by atoms with van der Waals surface area (Å²) in [5.41, 5.74) is 1.98. The second-order valence-electron chi connectivity index (χ2n) is 4.62. The number of hydrogen-bond acceptors (Lipinski definition) is 5. The van der Waals surface area contributed by atoms with Crippen molar-refractivity contribution in [2.24, 2.45) is 0 Å². The highest BCUT2D eigenvalue weighted by atomic mass is 35.5. The lowest BCUT2D eigenvalue weighted by molar-refractivity contribution is 0.0821. The average molecular weight is 303 g/mol. The van der Waals surface area contributed by atoms with Crippen LogP contribution in [0.25, 0.3) is 22.7 Å². The fraction of sp³-hybridized carbons (Fsp3) is 0.143. The molecule has 0 aliphatic rings. The van der Waals surface area contributed by atoms with Crippen molar-refractivity contribution in [2.45, 2.75) is 0 Å². The number of amides is 1. The number of hydrogen-bond donors (Lipinski definition) is 0. The van der Waals surface area contributed by atoms with E-state index in [9.17, 15) is 4.79 Å². The minimum absolute atomic E-state index is 0.210. The molecule has 0 N–H and O–H groups in total. The van der Waals surface area contributed by atoms with Gasteiger partial charge in [0.1, 0.15) is 16.9 Å². The normalized spacial score (nSPS) is 10.8. The third kappa shape index (κ3) is 2.57. The molecule has 0 bridgehead atoms. The Morgan fingerprint density at radius 2 is 2.05 bits per heavy atom. The Balaban J connectivity index is 1.97. The van der Waals surface area contributed by atoms with Crippen LogP contribution in [0.1, 0.15) is 10.5 Å². The first kappa shape index (κ1) is 13.5. The Morgan fingerprint density at radius 1 is 1.24 bits per heavy atom. The SMILES string of the molecule is CN(C)C(=O)c1cnc(-c2nc3ccc(Cl)cc3o2)cn1. The van der Waals surface area contributed by atoms with E-state index in [0.29, 0.717) is 27.7 Å². The molecule has 2 heterocycles. The molecular weight excluding hydrogens is 292 g/mol.